The first-order chi connectivity index (χ1) is 8.56. The first kappa shape index (κ1) is 13.4. The Kier molecular flexibility index (Phi) is 4.26. The van der Waals surface area contributed by atoms with Crippen LogP contribution < -0.4 is 0 Å². The van der Waals surface area contributed by atoms with Crippen LogP contribution in [-0.4, -0.2) is 27.0 Å². The molecule has 1 aromatic heterocycles. The molecule has 94 valence electrons. The highest BCUT2D eigenvalue weighted by atomic mass is 79.9. The number of carboxylic acid groups (broad SMARTS) is 1. The van der Waals surface area contributed by atoms with Gasteiger partial charge in [0, 0.05) is 10.0 Å². The first-order valence-electron chi connectivity index (χ1n) is 4.70. The molecule has 0 unspecified atom stereocenters. The summed E-state index contributed by atoms with van der Waals surface area (Å²) in [6, 6.07) is 5.20. The monoisotopic (exact) mass is 348 g/mol. The van der Waals surface area contributed by atoms with E-state index in [0.717, 1.165) is 16.2 Å². The summed E-state index contributed by atoms with van der Waals surface area (Å²) in [5.41, 5.74) is 0.709. The van der Waals surface area contributed by atoms with Gasteiger partial charge >= 0.3 is 5.97 Å². The van der Waals surface area contributed by atoms with Gasteiger partial charge in [-0.3, -0.25) is 4.79 Å². The molecule has 0 radical (unpaired) electrons. The number of carboxylic acids is 1. The Hall–Kier alpha value is -1.05. The Labute approximate surface area is 120 Å². The summed E-state index contributed by atoms with van der Waals surface area (Å²) in [5.74, 6) is -0.736. The van der Waals surface area contributed by atoms with E-state index in [2.05, 4.69) is 26.1 Å². The third kappa shape index (κ3) is 3.24. The third-order valence-corrected chi connectivity index (χ3v) is 3.91. The zero-order valence-electron chi connectivity index (χ0n) is 8.76. The molecule has 2 aromatic rings. The number of halogens is 2. The van der Waals surface area contributed by atoms with E-state index in [0.29, 0.717) is 16.5 Å². The van der Waals surface area contributed by atoms with E-state index in [-0.39, 0.29) is 11.0 Å². The van der Waals surface area contributed by atoms with Gasteiger partial charge in [0.15, 0.2) is 0 Å². The van der Waals surface area contributed by atoms with Gasteiger partial charge in [-0.2, -0.15) is 0 Å². The summed E-state index contributed by atoms with van der Waals surface area (Å²) in [4.78, 5) is 10.4. The number of thioether (sulfide) groups is 1. The molecule has 0 bridgehead atoms. The number of carbonyl (C=O) groups is 1. The maximum absolute atomic E-state index is 10.4. The molecule has 0 aliphatic heterocycles. The zero-order chi connectivity index (χ0) is 13.1. The zero-order valence-corrected chi connectivity index (χ0v) is 11.9. The number of nitrogens with zero attached hydrogens (tertiary/aromatic N) is 2. The van der Waals surface area contributed by atoms with Crippen LogP contribution in [0.3, 0.4) is 0 Å². The molecule has 0 saturated heterocycles. The molecule has 5 nitrogen and oxygen atoms in total. The minimum Gasteiger partial charge on any atom is -0.481 e. The molecule has 0 saturated carbocycles. The van der Waals surface area contributed by atoms with Crippen LogP contribution in [0, 0.1) is 0 Å². The minimum absolute atomic E-state index is 0.119. The molecule has 1 aromatic carbocycles. The van der Waals surface area contributed by atoms with Crippen molar-refractivity contribution in [3.8, 4) is 11.5 Å². The van der Waals surface area contributed by atoms with Gasteiger partial charge in [-0.05, 0) is 34.1 Å². The predicted octanol–water partition coefficient (Wildman–Crippen LogP) is 3.33. The molecular weight excluding hydrogens is 344 g/mol. The molecule has 0 fully saturated rings. The number of aromatic nitrogens is 2. The van der Waals surface area contributed by atoms with Crippen LogP contribution in [0.4, 0.5) is 0 Å². The van der Waals surface area contributed by atoms with Crippen molar-refractivity contribution < 1.29 is 14.3 Å². The van der Waals surface area contributed by atoms with Gasteiger partial charge in [-0.25, -0.2) is 0 Å². The van der Waals surface area contributed by atoms with E-state index in [1.807, 2.05) is 0 Å². The summed E-state index contributed by atoms with van der Waals surface area (Å²) >= 11 is 10.1. The molecule has 18 heavy (non-hydrogen) atoms. The van der Waals surface area contributed by atoms with Crippen LogP contribution in [0.2, 0.25) is 5.02 Å². The van der Waals surface area contributed by atoms with Crippen molar-refractivity contribution in [1.82, 2.24) is 10.2 Å². The van der Waals surface area contributed by atoms with Crippen molar-refractivity contribution in [2.75, 3.05) is 5.75 Å². The van der Waals surface area contributed by atoms with E-state index in [9.17, 15) is 4.79 Å². The minimum atomic E-state index is -0.936. The third-order valence-electron chi connectivity index (χ3n) is 1.89. The Morgan fingerprint density at radius 1 is 1.50 bits per heavy atom. The fraction of sp³-hybridized carbons (Fsp3) is 0.100. The predicted molar refractivity (Wildman–Crippen MR) is 70.8 cm³/mol. The number of aliphatic carboxylic acids is 1. The van der Waals surface area contributed by atoms with Crippen LogP contribution in [0.5, 0.6) is 0 Å². The van der Waals surface area contributed by atoms with Crippen molar-refractivity contribution in [3.63, 3.8) is 0 Å². The SMILES string of the molecule is O=C(O)CSc1nnc(-c2ccc(Cl)c(Br)c2)o1. The smallest absolute Gasteiger partial charge is 0.314 e. The molecule has 2 rings (SSSR count). The number of hydrogen-bond acceptors (Lipinski definition) is 5. The highest BCUT2D eigenvalue weighted by Gasteiger charge is 2.11. The van der Waals surface area contributed by atoms with E-state index >= 15 is 0 Å². The van der Waals surface area contributed by atoms with Crippen molar-refractivity contribution in [3.05, 3.63) is 27.7 Å². The summed E-state index contributed by atoms with van der Waals surface area (Å²) in [7, 11) is 0. The summed E-state index contributed by atoms with van der Waals surface area (Å²) in [5, 5.41) is 16.9. The van der Waals surface area contributed by atoms with E-state index in [4.69, 9.17) is 21.1 Å². The number of hydrogen-bond donors (Lipinski definition) is 1. The Morgan fingerprint density at radius 3 is 2.94 bits per heavy atom. The van der Waals surface area contributed by atoms with Crippen molar-refractivity contribution in [2.24, 2.45) is 0 Å². The largest absolute Gasteiger partial charge is 0.481 e. The molecule has 0 amide bonds. The molecular formula is C10H6BrClN2O3S. The standard InChI is InChI=1S/C10H6BrClN2O3S/c11-6-3-5(1-2-7(6)12)9-13-14-10(17-9)18-4-8(15)16/h1-3H,4H2,(H,15,16). The van der Waals surface area contributed by atoms with Gasteiger partial charge in [0.25, 0.3) is 5.22 Å². The van der Waals surface area contributed by atoms with Gasteiger partial charge in [-0.15, -0.1) is 10.2 Å². The van der Waals surface area contributed by atoms with Crippen LogP contribution in [0.1, 0.15) is 0 Å². The normalized spacial score (nSPS) is 10.6. The molecule has 8 heteroatoms. The van der Waals surface area contributed by atoms with Crippen LogP contribution in [0.15, 0.2) is 32.3 Å². The fourth-order valence-corrected chi connectivity index (χ4v) is 2.12. The van der Waals surface area contributed by atoms with Crippen molar-refractivity contribution >= 4 is 45.3 Å². The number of benzene rings is 1. The molecule has 0 spiro atoms. The first-order valence-corrected chi connectivity index (χ1v) is 6.85. The summed E-state index contributed by atoms with van der Waals surface area (Å²) in [6.07, 6.45) is 0. The topological polar surface area (TPSA) is 76.2 Å². The second-order valence-corrected chi connectivity index (χ2v) is 5.37. The summed E-state index contributed by atoms with van der Waals surface area (Å²) in [6.45, 7) is 0. The highest BCUT2D eigenvalue weighted by molar-refractivity contribution is 9.10. The van der Waals surface area contributed by atoms with Gasteiger partial charge in [-0.1, -0.05) is 23.4 Å². The Balaban J connectivity index is 2.18. The van der Waals surface area contributed by atoms with Crippen LogP contribution in [-0.2, 0) is 4.79 Å². The van der Waals surface area contributed by atoms with Crippen LogP contribution in [0.25, 0.3) is 11.5 Å². The second-order valence-electron chi connectivity index (χ2n) is 3.18. The maximum atomic E-state index is 10.4. The van der Waals surface area contributed by atoms with E-state index in [1.165, 1.54) is 0 Å². The average molecular weight is 350 g/mol. The maximum Gasteiger partial charge on any atom is 0.314 e. The van der Waals surface area contributed by atoms with Gasteiger partial charge in [0.1, 0.15) is 5.75 Å². The van der Waals surface area contributed by atoms with E-state index in [1.54, 1.807) is 18.2 Å². The highest BCUT2D eigenvalue weighted by Crippen LogP contribution is 2.29. The molecule has 0 aliphatic rings. The van der Waals surface area contributed by atoms with Crippen molar-refractivity contribution in [2.45, 2.75) is 5.22 Å². The van der Waals surface area contributed by atoms with Crippen LogP contribution >= 0.6 is 39.3 Å². The lowest BCUT2D eigenvalue weighted by Crippen LogP contribution is -1.97. The lowest BCUT2D eigenvalue weighted by molar-refractivity contribution is -0.133. The molecule has 0 aliphatic carbocycles. The lowest BCUT2D eigenvalue weighted by Gasteiger charge is -1.97. The molecule has 0 atom stereocenters. The van der Waals surface area contributed by atoms with Gasteiger partial charge in [0.2, 0.25) is 5.89 Å². The lowest BCUT2D eigenvalue weighted by atomic mass is 10.2. The molecule has 1 N–H and O–H groups in total. The average Bonchev–Trinajstić information content (AvgIpc) is 2.79. The fourth-order valence-electron chi connectivity index (χ4n) is 1.14. The van der Waals surface area contributed by atoms with Crippen molar-refractivity contribution in [1.29, 1.82) is 0 Å². The quantitative estimate of drug-likeness (QED) is 0.853. The Bertz CT molecular complexity index is 590. The Morgan fingerprint density at radius 2 is 2.28 bits per heavy atom. The van der Waals surface area contributed by atoms with Gasteiger partial charge in [0.05, 0.1) is 5.02 Å². The summed E-state index contributed by atoms with van der Waals surface area (Å²) < 4.78 is 6.05. The van der Waals surface area contributed by atoms with Gasteiger partial charge < -0.3 is 9.52 Å². The molecule has 1 heterocycles. The number of rotatable bonds is 4. The van der Waals surface area contributed by atoms with E-state index < -0.39 is 5.97 Å². The second kappa shape index (κ2) is 5.73.